The summed E-state index contributed by atoms with van der Waals surface area (Å²) in [5, 5.41) is 7.81. The minimum Gasteiger partial charge on any atom is -0.320 e. The average Bonchev–Trinajstić information content (AvgIpc) is 2.86. The fourth-order valence-electron chi connectivity index (χ4n) is 2.13. The number of hydrogen-bond acceptors (Lipinski definition) is 3. The van der Waals surface area contributed by atoms with Crippen molar-refractivity contribution in [2.24, 2.45) is 11.7 Å². The van der Waals surface area contributed by atoms with Crippen LogP contribution in [0.15, 0.2) is 30.3 Å². The quantitative estimate of drug-likeness (QED) is 0.859. The van der Waals surface area contributed by atoms with Gasteiger partial charge in [0.05, 0.1) is 11.7 Å². The average molecular weight is 357 g/mol. The van der Waals surface area contributed by atoms with Crippen LogP contribution in [0, 0.1) is 12.8 Å². The summed E-state index contributed by atoms with van der Waals surface area (Å²) >= 11 is 6.00. The Bertz CT molecular complexity index is 672. The van der Waals surface area contributed by atoms with Crippen LogP contribution in [0.2, 0.25) is 5.02 Å². The molecule has 0 fully saturated rings. The van der Waals surface area contributed by atoms with Gasteiger partial charge in [-0.2, -0.15) is 0 Å². The molecule has 2 unspecified atom stereocenters. The Morgan fingerprint density at radius 3 is 2.74 bits per heavy atom. The van der Waals surface area contributed by atoms with Crippen molar-refractivity contribution in [1.82, 2.24) is 9.78 Å². The molecule has 0 bridgehead atoms. The summed E-state index contributed by atoms with van der Waals surface area (Å²) in [7, 11) is 0. The van der Waals surface area contributed by atoms with Crippen molar-refractivity contribution in [2.75, 3.05) is 5.32 Å². The third kappa shape index (κ3) is 4.70. The second kappa shape index (κ2) is 8.34. The molecule has 0 saturated carbocycles. The number of aryl methyl sites for hydroxylation is 1. The van der Waals surface area contributed by atoms with E-state index in [9.17, 15) is 4.79 Å². The number of anilines is 1. The van der Waals surface area contributed by atoms with Crippen molar-refractivity contribution in [2.45, 2.75) is 33.2 Å². The number of nitrogens with one attached hydrogen (secondary N) is 1. The SMILES string of the molecule is CCC(C)C(N)C(=O)Nc1cc(C)n(-c2cccc(Cl)c2)n1.Cl. The number of benzene rings is 1. The first kappa shape index (κ1) is 19.5. The van der Waals surface area contributed by atoms with Crippen molar-refractivity contribution in [1.29, 1.82) is 0 Å². The maximum Gasteiger partial charge on any atom is 0.242 e. The Morgan fingerprint density at radius 2 is 2.13 bits per heavy atom. The zero-order valence-electron chi connectivity index (χ0n) is 13.4. The van der Waals surface area contributed by atoms with Gasteiger partial charge in [-0.25, -0.2) is 4.68 Å². The van der Waals surface area contributed by atoms with Gasteiger partial charge in [0.2, 0.25) is 5.91 Å². The van der Waals surface area contributed by atoms with Crippen LogP contribution in [0.3, 0.4) is 0 Å². The van der Waals surface area contributed by atoms with E-state index in [1.807, 2.05) is 45.0 Å². The van der Waals surface area contributed by atoms with Crippen LogP contribution in [0.4, 0.5) is 5.82 Å². The molecule has 1 aromatic carbocycles. The zero-order chi connectivity index (χ0) is 16.3. The summed E-state index contributed by atoms with van der Waals surface area (Å²) in [6.07, 6.45) is 0.852. The topological polar surface area (TPSA) is 72.9 Å². The minimum atomic E-state index is -0.540. The number of nitrogens with zero attached hydrogens (tertiary/aromatic N) is 2. The number of nitrogens with two attached hydrogens (primary N) is 1. The lowest BCUT2D eigenvalue weighted by Gasteiger charge is -2.16. The first-order chi connectivity index (χ1) is 10.4. The zero-order valence-corrected chi connectivity index (χ0v) is 15.0. The van der Waals surface area contributed by atoms with E-state index in [2.05, 4.69) is 10.4 Å². The van der Waals surface area contributed by atoms with Crippen molar-refractivity contribution >= 4 is 35.7 Å². The molecule has 0 radical (unpaired) electrons. The molecule has 2 atom stereocenters. The normalized spacial score (nSPS) is 13.1. The lowest BCUT2D eigenvalue weighted by molar-refractivity contribution is -0.118. The van der Waals surface area contributed by atoms with Crippen LogP contribution in [0.1, 0.15) is 26.0 Å². The second-order valence-corrected chi connectivity index (χ2v) is 5.90. The number of carbonyl (C=O) groups is 1. The van der Waals surface area contributed by atoms with Crippen LogP contribution in [-0.2, 0) is 4.79 Å². The van der Waals surface area contributed by atoms with Crippen molar-refractivity contribution in [3.05, 3.63) is 41.0 Å². The third-order valence-corrected chi connectivity index (χ3v) is 3.99. The van der Waals surface area contributed by atoms with Gasteiger partial charge in [0, 0.05) is 16.8 Å². The number of hydrogen-bond donors (Lipinski definition) is 2. The monoisotopic (exact) mass is 356 g/mol. The first-order valence-electron chi connectivity index (χ1n) is 7.31. The van der Waals surface area contributed by atoms with Gasteiger partial charge in [0.1, 0.15) is 0 Å². The highest BCUT2D eigenvalue weighted by Gasteiger charge is 2.20. The summed E-state index contributed by atoms with van der Waals surface area (Å²) in [4.78, 5) is 12.1. The van der Waals surface area contributed by atoms with E-state index in [-0.39, 0.29) is 24.2 Å². The number of aromatic nitrogens is 2. The van der Waals surface area contributed by atoms with Crippen LogP contribution >= 0.6 is 24.0 Å². The summed E-state index contributed by atoms with van der Waals surface area (Å²) in [5.41, 5.74) is 7.67. The van der Waals surface area contributed by atoms with Crippen LogP contribution in [-0.4, -0.2) is 21.7 Å². The molecule has 7 heteroatoms. The number of rotatable bonds is 5. The molecule has 2 aromatic rings. The Hall–Kier alpha value is -1.56. The minimum absolute atomic E-state index is 0. The smallest absolute Gasteiger partial charge is 0.242 e. The third-order valence-electron chi connectivity index (χ3n) is 3.75. The van der Waals surface area contributed by atoms with Crippen LogP contribution in [0.5, 0.6) is 0 Å². The lowest BCUT2D eigenvalue weighted by atomic mass is 9.99. The number of halogens is 2. The maximum absolute atomic E-state index is 12.1. The van der Waals surface area contributed by atoms with Gasteiger partial charge < -0.3 is 11.1 Å². The van der Waals surface area contributed by atoms with Gasteiger partial charge >= 0.3 is 0 Å². The van der Waals surface area contributed by atoms with E-state index in [1.165, 1.54) is 0 Å². The summed E-state index contributed by atoms with van der Waals surface area (Å²) < 4.78 is 1.73. The molecule has 0 aliphatic heterocycles. The highest BCUT2D eigenvalue weighted by atomic mass is 35.5. The van der Waals surface area contributed by atoms with Crippen molar-refractivity contribution < 1.29 is 4.79 Å². The highest BCUT2D eigenvalue weighted by Crippen LogP contribution is 2.19. The summed E-state index contributed by atoms with van der Waals surface area (Å²) in [6, 6.07) is 8.65. The largest absolute Gasteiger partial charge is 0.320 e. The fraction of sp³-hybridized carbons (Fsp3) is 0.375. The fourth-order valence-corrected chi connectivity index (χ4v) is 2.31. The van der Waals surface area contributed by atoms with Crippen molar-refractivity contribution in [3.63, 3.8) is 0 Å². The molecule has 1 heterocycles. The second-order valence-electron chi connectivity index (χ2n) is 5.46. The molecule has 126 valence electrons. The molecule has 2 rings (SSSR count). The summed E-state index contributed by atoms with van der Waals surface area (Å²) in [6.45, 7) is 5.88. The predicted molar refractivity (Wildman–Crippen MR) is 96.6 cm³/mol. The van der Waals surface area contributed by atoms with E-state index in [0.29, 0.717) is 10.8 Å². The van der Waals surface area contributed by atoms with Crippen LogP contribution in [0.25, 0.3) is 5.69 Å². The lowest BCUT2D eigenvalue weighted by Crippen LogP contribution is -2.40. The van der Waals surface area contributed by atoms with E-state index < -0.39 is 6.04 Å². The Labute approximate surface area is 147 Å². The number of carbonyl (C=O) groups excluding carboxylic acids is 1. The van der Waals surface area contributed by atoms with Crippen LogP contribution < -0.4 is 11.1 Å². The van der Waals surface area contributed by atoms with E-state index in [0.717, 1.165) is 17.8 Å². The van der Waals surface area contributed by atoms with Gasteiger partial charge in [-0.15, -0.1) is 17.5 Å². The van der Waals surface area contributed by atoms with Gasteiger partial charge in [-0.3, -0.25) is 4.79 Å². The number of amides is 1. The standard InChI is InChI=1S/C16H21ClN4O.ClH/c1-4-10(2)15(18)16(22)19-14-8-11(3)21(20-14)13-7-5-6-12(17)9-13;/h5-10,15H,4,18H2,1-3H3,(H,19,20,22);1H. The molecule has 3 N–H and O–H groups in total. The predicted octanol–water partition coefficient (Wildman–Crippen LogP) is 3.57. The molecule has 0 spiro atoms. The Balaban J connectivity index is 0.00000264. The molecule has 5 nitrogen and oxygen atoms in total. The first-order valence-corrected chi connectivity index (χ1v) is 7.69. The van der Waals surface area contributed by atoms with Crippen molar-refractivity contribution in [3.8, 4) is 5.69 Å². The molecular weight excluding hydrogens is 335 g/mol. The molecule has 0 aliphatic carbocycles. The molecule has 23 heavy (non-hydrogen) atoms. The molecule has 0 saturated heterocycles. The highest BCUT2D eigenvalue weighted by molar-refractivity contribution is 6.30. The van der Waals surface area contributed by atoms with Gasteiger partial charge in [-0.1, -0.05) is 37.9 Å². The molecule has 1 amide bonds. The Morgan fingerprint density at radius 1 is 1.43 bits per heavy atom. The van der Waals surface area contributed by atoms with Gasteiger partial charge in [0.15, 0.2) is 5.82 Å². The maximum atomic E-state index is 12.1. The Kier molecular flexibility index (Phi) is 7.06. The molecule has 1 aromatic heterocycles. The molecular formula is C16H22Cl2N4O. The van der Waals surface area contributed by atoms with E-state index in [1.54, 1.807) is 10.7 Å². The van der Waals surface area contributed by atoms with E-state index >= 15 is 0 Å². The van der Waals surface area contributed by atoms with Gasteiger partial charge in [0.25, 0.3) is 0 Å². The molecule has 0 aliphatic rings. The van der Waals surface area contributed by atoms with Gasteiger partial charge in [-0.05, 0) is 31.0 Å². The van der Waals surface area contributed by atoms with E-state index in [4.69, 9.17) is 17.3 Å². The summed E-state index contributed by atoms with van der Waals surface area (Å²) in [5.74, 6) is 0.391.